The minimum absolute atomic E-state index is 0.111. The third-order valence-corrected chi connectivity index (χ3v) is 5.28. The van der Waals surface area contributed by atoms with Crippen LogP contribution in [0.15, 0.2) is 28.9 Å². The van der Waals surface area contributed by atoms with Gasteiger partial charge in [-0.25, -0.2) is 4.98 Å². The molecule has 1 unspecified atom stereocenters. The zero-order valence-corrected chi connectivity index (χ0v) is 16.5. The lowest BCUT2D eigenvalue weighted by Gasteiger charge is -2.20. The smallest absolute Gasteiger partial charge is 0.273 e. The van der Waals surface area contributed by atoms with Crippen molar-refractivity contribution in [2.45, 2.75) is 58.3 Å². The molecule has 1 atom stereocenters. The fourth-order valence-electron chi connectivity index (χ4n) is 2.69. The Hall–Kier alpha value is -1.56. The Morgan fingerprint density at radius 3 is 2.77 bits per heavy atom. The molecule has 0 bridgehead atoms. The number of rotatable bonds is 8. The van der Waals surface area contributed by atoms with Gasteiger partial charge in [-0.1, -0.05) is 36.2 Å². The van der Waals surface area contributed by atoms with E-state index in [4.69, 9.17) is 27.6 Å². The van der Waals surface area contributed by atoms with E-state index >= 15 is 0 Å². The molecule has 2 aromatic rings. The van der Waals surface area contributed by atoms with Crippen LogP contribution in [0, 0.1) is 0 Å². The number of oxazole rings is 1. The lowest BCUT2D eigenvalue weighted by molar-refractivity contribution is 0.0934. The molecule has 1 saturated carbocycles. The minimum atomic E-state index is -0.197. The molecule has 0 saturated heterocycles. The summed E-state index contributed by atoms with van der Waals surface area (Å²) in [5.41, 5.74) is 1.41. The topological polar surface area (TPSA) is 58.4 Å². The zero-order valence-electron chi connectivity index (χ0n) is 15.0. The van der Waals surface area contributed by atoms with Crippen LogP contribution in [-0.2, 0) is 13.1 Å². The Bertz CT molecular complexity index is 774. The zero-order chi connectivity index (χ0) is 18.7. The van der Waals surface area contributed by atoms with Gasteiger partial charge in [-0.05, 0) is 43.9 Å². The molecular weight excluding hydrogens is 373 g/mol. The first-order chi connectivity index (χ1) is 12.5. The maximum absolute atomic E-state index is 12.1. The van der Waals surface area contributed by atoms with Gasteiger partial charge in [-0.3, -0.25) is 9.69 Å². The number of halogens is 2. The van der Waals surface area contributed by atoms with Crippen LogP contribution in [0.1, 0.15) is 55.1 Å². The number of carbonyl (C=O) groups excluding carboxylic acids is 1. The Kier molecular flexibility index (Phi) is 6.22. The quantitative estimate of drug-likeness (QED) is 0.704. The summed E-state index contributed by atoms with van der Waals surface area (Å²) in [5, 5.41) is 4.01. The Balaban J connectivity index is 1.65. The molecule has 1 aromatic carbocycles. The first kappa shape index (κ1) is 19.2. The van der Waals surface area contributed by atoms with Crippen LogP contribution in [0.2, 0.25) is 10.0 Å². The van der Waals surface area contributed by atoms with E-state index in [-0.39, 0.29) is 11.9 Å². The van der Waals surface area contributed by atoms with Crippen molar-refractivity contribution < 1.29 is 9.21 Å². The molecule has 1 aliphatic rings. The van der Waals surface area contributed by atoms with Gasteiger partial charge in [0.1, 0.15) is 6.26 Å². The molecule has 5 nitrogen and oxygen atoms in total. The van der Waals surface area contributed by atoms with Gasteiger partial charge in [0, 0.05) is 18.6 Å². The van der Waals surface area contributed by atoms with Crippen molar-refractivity contribution >= 4 is 29.1 Å². The van der Waals surface area contributed by atoms with E-state index in [2.05, 4.69) is 15.2 Å². The first-order valence-electron chi connectivity index (χ1n) is 8.89. The summed E-state index contributed by atoms with van der Waals surface area (Å²) >= 11 is 12.1. The summed E-state index contributed by atoms with van der Waals surface area (Å²) in [6.07, 6.45) is 4.61. The van der Waals surface area contributed by atoms with Crippen LogP contribution in [0.5, 0.6) is 0 Å². The van der Waals surface area contributed by atoms with E-state index < -0.39 is 0 Å². The maximum Gasteiger partial charge on any atom is 0.273 e. The minimum Gasteiger partial charge on any atom is -0.447 e. The van der Waals surface area contributed by atoms with Crippen LogP contribution in [0.25, 0.3) is 0 Å². The molecule has 1 aliphatic carbocycles. The van der Waals surface area contributed by atoms with Gasteiger partial charge >= 0.3 is 0 Å². The Morgan fingerprint density at radius 1 is 1.35 bits per heavy atom. The molecule has 1 amide bonds. The van der Waals surface area contributed by atoms with Gasteiger partial charge in [-0.15, -0.1) is 0 Å². The first-order valence-corrected chi connectivity index (χ1v) is 9.65. The second-order valence-electron chi connectivity index (χ2n) is 6.79. The molecule has 1 heterocycles. The molecule has 3 rings (SSSR count). The molecule has 1 N–H and O–H groups in total. The summed E-state index contributed by atoms with van der Waals surface area (Å²) in [6.45, 7) is 5.28. The molecule has 140 valence electrons. The van der Waals surface area contributed by atoms with Gasteiger partial charge in [0.15, 0.2) is 5.69 Å². The highest BCUT2D eigenvalue weighted by molar-refractivity contribution is 6.42. The van der Waals surface area contributed by atoms with E-state index in [9.17, 15) is 4.79 Å². The van der Waals surface area contributed by atoms with Gasteiger partial charge in [0.25, 0.3) is 5.91 Å². The van der Waals surface area contributed by atoms with Crippen molar-refractivity contribution in [2.24, 2.45) is 0 Å². The summed E-state index contributed by atoms with van der Waals surface area (Å²) < 4.78 is 5.53. The van der Waals surface area contributed by atoms with Crippen molar-refractivity contribution in [1.29, 1.82) is 0 Å². The molecule has 0 radical (unpaired) electrons. The largest absolute Gasteiger partial charge is 0.447 e. The Morgan fingerprint density at radius 2 is 2.12 bits per heavy atom. The normalized spacial score (nSPS) is 15.3. The second-order valence-corrected chi connectivity index (χ2v) is 7.61. The van der Waals surface area contributed by atoms with Gasteiger partial charge in [0.2, 0.25) is 5.89 Å². The van der Waals surface area contributed by atoms with E-state index in [0.717, 1.165) is 31.4 Å². The highest BCUT2D eigenvalue weighted by Gasteiger charge is 2.30. The third-order valence-electron chi connectivity index (χ3n) is 4.55. The number of carbonyl (C=O) groups is 1. The van der Waals surface area contributed by atoms with E-state index in [0.29, 0.717) is 34.2 Å². The second kappa shape index (κ2) is 8.42. The standard InChI is InChI=1S/C19H23Cl2N3O2/c1-3-12(2)22-19(25)17-11-26-18(23-17)10-24(14-5-6-14)9-13-4-7-15(20)16(21)8-13/h4,7-8,11-12,14H,3,5-6,9-10H2,1-2H3,(H,22,25). The number of amides is 1. The number of benzene rings is 1. The average Bonchev–Trinajstić information content (AvgIpc) is 3.36. The highest BCUT2D eigenvalue weighted by atomic mass is 35.5. The molecule has 0 aliphatic heterocycles. The van der Waals surface area contributed by atoms with Gasteiger partial charge in [-0.2, -0.15) is 0 Å². The van der Waals surface area contributed by atoms with Gasteiger partial charge in [0.05, 0.1) is 16.6 Å². The van der Waals surface area contributed by atoms with E-state index in [1.54, 1.807) is 0 Å². The van der Waals surface area contributed by atoms with Crippen molar-refractivity contribution in [1.82, 2.24) is 15.2 Å². The molecule has 26 heavy (non-hydrogen) atoms. The van der Waals surface area contributed by atoms with Gasteiger partial charge < -0.3 is 9.73 Å². The molecule has 0 spiro atoms. The average molecular weight is 396 g/mol. The number of nitrogens with one attached hydrogen (secondary N) is 1. The number of aromatic nitrogens is 1. The highest BCUT2D eigenvalue weighted by Crippen LogP contribution is 2.31. The van der Waals surface area contributed by atoms with Crippen molar-refractivity contribution in [3.63, 3.8) is 0 Å². The number of hydrogen-bond donors (Lipinski definition) is 1. The number of hydrogen-bond acceptors (Lipinski definition) is 4. The van der Waals surface area contributed by atoms with Crippen LogP contribution in [-0.4, -0.2) is 27.9 Å². The van der Waals surface area contributed by atoms with Crippen molar-refractivity contribution in [2.75, 3.05) is 0 Å². The molecule has 1 fully saturated rings. The van der Waals surface area contributed by atoms with E-state index in [1.165, 1.54) is 6.26 Å². The summed E-state index contributed by atoms with van der Waals surface area (Å²) in [6, 6.07) is 6.30. The van der Waals surface area contributed by atoms with Crippen LogP contribution < -0.4 is 5.32 Å². The van der Waals surface area contributed by atoms with Crippen LogP contribution in [0.3, 0.4) is 0 Å². The SMILES string of the molecule is CCC(C)NC(=O)c1coc(CN(Cc2ccc(Cl)c(Cl)c2)C2CC2)n1. The lowest BCUT2D eigenvalue weighted by atomic mass is 10.2. The Labute approximate surface area is 163 Å². The van der Waals surface area contributed by atoms with Crippen molar-refractivity contribution in [3.8, 4) is 0 Å². The number of nitrogens with zero attached hydrogens (tertiary/aromatic N) is 2. The molecule has 7 heteroatoms. The predicted octanol–water partition coefficient (Wildman–Crippen LogP) is 4.67. The summed E-state index contributed by atoms with van der Waals surface area (Å²) in [4.78, 5) is 18.8. The van der Waals surface area contributed by atoms with E-state index in [1.807, 2.05) is 32.0 Å². The van der Waals surface area contributed by atoms with Crippen LogP contribution >= 0.6 is 23.2 Å². The fraction of sp³-hybridized carbons (Fsp3) is 0.474. The van der Waals surface area contributed by atoms with Crippen molar-refractivity contribution in [3.05, 3.63) is 51.7 Å². The maximum atomic E-state index is 12.1. The summed E-state index contributed by atoms with van der Waals surface area (Å²) in [5.74, 6) is 0.350. The lowest BCUT2D eigenvalue weighted by Crippen LogP contribution is -2.32. The third kappa shape index (κ3) is 5.00. The fourth-order valence-corrected chi connectivity index (χ4v) is 3.01. The molecule has 1 aromatic heterocycles. The molecular formula is C19H23Cl2N3O2. The predicted molar refractivity (Wildman–Crippen MR) is 102 cm³/mol. The van der Waals surface area contributed by atoms with Crippen LogP contribution in [0.4, 0.5) is 0 Å². The summed E-state index contributed by atoms with van der Waals surface area (Å²) in [7, 11) is 0. The monoisotopic (exact) mass is 395 g/mol.